The van der Waals surface area contributed by atoms with Crippen molar-refractivity contribution in [1.29, 1.82) is 0 Å². The van der Waals surface area contributed by atoms with Crippen LogP contribution in [-0.2, 0) is 6.54 Å². The fourth-order valence-corrected chi connectivity index (χ4v) is 2.45. The van der Waals surface area contributed by atoms with Gasteiger partial charge in [0.1, 0.15) is 0 Å². The second-order valence-electron chi connectivity index (χ2n) is 5.94. The molecule has 1 aromatic heterocycles. The number of nitrogens with one attached hydrogen (secondary N) is 1. The number of hydrogen-bond donors (Lipinski definition) is 1. The first-order valence-corrected chi connectivity index (χ1v) is 7.00. The lowest BCUT2D eigenvalue weighted by Crippen LogP contribution is -2.40. The molecular formula is C16H21N3. The van der Waals surface area contributed by atoms with Crippen molar-refractivity contribution in [2.75, 3.05) is 0 Å². The van der Waals surface area contributed by atoms with E-state index in [1.807, 2.05) is 29.1 Å². The highest BCUT2D eigenvalue weighted by molar-refractivity contribution is 5.30. The first-order valence-electron chi connectivity index (χ1n) is 7.00. The molecule has 3 rings (SSSR count). The summed E-state index contributed by atoms with van der Waals surface area (Å²) in [5.74, 6) is 0.837. The van der Waals surface area contributed by atoms with Crippen molar-refractivity contribution in [3.63, 3.8) is 0 Å². The topological polar surface area (TPSA) is 29.9 Å². The van der Waals surface area contributed by atoms with E-state index in [0.717, 1.165) is 23.8 Å². The summed E-state index contributed by atoms with van der Waals surface area (Å²) < 4.78 is 1.93. The van der Waals surface area contributed by atoms with E-state index in [0.29, 0.717) is 0 Å². The Morgan fingerprint density at radius 3 is 2.63 bits per heavy atom. The predicted octanol–water partition coefficient (Wildman–Crippen LogP) is 3.15. The smallest absolute Gasteiger partial charge is 0.0767 e. The number of rotatable bonds is 5. The first-order chi connectivity index (χ1) is 9.15. The van der Waals surface area contributed by atoms with E-state index < -0.39 is 0 Å². The molecule has 1 aromatic carbocycles. The van der Waals surface area contributed by atoms with Crippen LogP contribution in [0.25, 0.3) is 5.69 Å². The molecule has 3 nitrogen and oxygen atoms in total. The van der Waals surface area contributed by atoms with Crippen LogP contribution in [-0.4, -0.2) is 15.3 Å². The van der Waals surface area contributed by atoms with Gasteiger partial charge in [0, 0.05) is 18.3 Å². The molecule has 1 N–H and O–H groups in total. The van der Waals surface area contributed by atoms with Crippen molar-refractivity contribution in [3.8, 4) is 5.69 Å². The van der Waals surface area contributed by atoms with Crippen LogP contribution >= 0.6 is 0 Å². The van der Waals surface area contributed by atoms with Gasteiger partial charge in [-0.2, -0.15) is 5.10 Å². The van der Waals surface area contributed by atoms with Crippen LogP contribution < -0.4 is 5.32 Å². The summed E-state index contributed by atoms with van der Waals surface area (Å²) in [5, 5.41) is 8.24. The van der Waals surface area contributed by atoms with Gasteiger partial charge in [-0.25, -0.2) is 4.68 Å². The Morgan fingerprint density at radius 2 is 1.95 bits per heavy atom. The van der Waals surface area contributed by atoms with Gasteiger partial charge in [0.2, 0.25) is 0 Å². The first kappa shape index (κ1) is 12.4. The molecule has 1 heterocycles. The second kappa shape index (κ2) is 4.82. The van der Waals surface area contributed by atoms with Gasteiger partial charge in [-0.15, -0.1) is 0 Å². The van der Waals surface area contributed by atoms with E-state index in [1.165, 1.54) is 12.8 Å². The van der Waals surface area contributed by atoms with Gasteiger partial charge in [0.05, 0.1) is 11.4 Å². The van der Waals surface area contributed by atoms with Crippen LogP contribution in [0.4, 0.5) is 0 Å². The van der Waals surface area contributed by atoms with Crippen LogP contribution in [0, 0.1) is 5.92 Å². The molecule has 0 amide bonds. The number of aromatic nitrogens is 2. The Morgan fingerprint density at radius 1 is 1.21 bits per heavy atom. The average molecular weight is 255 g/mol. The van der Waals surface area contributed by atoms with E-state index in [-0.39, 0.29) is 5.54 Å². The zero-order valence-corrected chi connectivity index (χ0v) is 11.6. The molecule has 0 radical (unpaired) electrons. The van der Waals surface area contributed by atoms with E-state index in [4.69, 9.17) is 0 Å². The SMILES string of the molecule is CC(C)(NCc1ccn(-c2ccccc2)n1)C1CC1. The van der Waals surface area contributed by atoms with Gasteiger partial charge >= 0.3 is 0 Å². The molecule has 0 aliphatic heterocycles. The zero-order valence-electron chi connectivity index (χ0n) is 11.6. The van der Waals surface area contributed by atoms with Gasteiger partial charge in [0.15, 0.2) is 0 Å². The fraction of sp³-hybridized carbons (Fsp3) is 0.438. The normalized spacial score (nSPS) is 15.7. The molecule has 1 saturated carbocycles. The monoisotopic (exact) mass is 255 g/mol. The minimum absolute atomic E-state index is 0.233. The lowest BCUT2D eigenvalue weighted by Gasteiger charge is -2.25. The van der Waals surface area contributed by atoms with E-state index >= 15 is 0 Å². The maximum atomic E-state index is 4.62. The quantitative estimate of drug-likeness (QED) is 0.889. The molecule has 100 valence electrons. The third-order valence-corrected chi connectivity index (χ3v) is 3.99. The van der Waals surface area contributed by atoms with Gasteiger partial charge in [-0.1, -0.05) is 18.2 Å². The van der Waals surface area contributed by atoms with Crippen molar-refractivity contribution in [3.05, 3.63) is 48.3 Å². The largest absolute Gasteiger partial charge is 0.306 e. The van der Waals surface area contributed by atoms with Crippen molar-refractivity contribution in [1.82, 2.24) is 15.1 Å². The van der Waals surface area contributed by atoms with Gasteiger partial charge in [0.25, 0.3) is 0 Å². The lowest BCUT2D eigenvalue weighted by atomic mass is 9.99. The maximum absolute atomic E-state index is 4.62. The number of nitrogens with zero attached hydrogens (tertiary/aromatic N) is 2. The highest BCUT2D eigenvalue weighted by atomic mass is 15.3. The second-order valence-corrected chi connectivity index (χ2v) is 5.94. The molecule has 1 aliphatic rings. The molecule has 3 heteroatoms. The van der Waals surface area contributed by atoms with E-state index in [1.54, 1.807) is 0 Å². The Labute approximate surface area is 114 Å². The molecule has 0 unspecified atom stereocenters. The standard InChI is InChI=1S/C16H21N3/c1-16(2,13-8-9-13)17-12-14-10-11-19(18-14)15-6-4-3-5-7-15/h3-7,10-11,13,17H,8-9,12H2,1-2H3. The third-order valence-electron chi connectivity index (χ3n) is 3.99. The molecule has 1 fully saturated rings. The zero-order chi connectivity index (χ0) is 13.3. The number of para-hydroxylation sites is 1. The van der Waals surface area contributed by atoms with Gasteiger partial charge < -0.3 is 5.32 Å². The molecule has 0 atom stereocenters. The molecule has 0 spiro atoms. The average Bonchev–Trinajstić information content (AvgIpc) is 3.18. The van der Waals surface area contributed by atoms with Crippen LogP contribution in [0.15, 0.2) is 42.6 Å². The Balaban J connectivity index is 1.65. The Hall–Kier alpha value is -1.61. The molecular weight excluding hydrogens is 234 g/mol. The third kappa shape index (κ3) is 2.87. The molecule has 1 aliphatic carbocycles. The summed E-state index contributed by atoms with van der Waals surface area (Å²) in [7, 11) is 0. The van der Waals surface area contributed by atoms with Crippen LogP contribution in [0.2, 0.25) is 0 Å². The summed E-state index contributed by atoms with van der Waals surface area (Å²) in [5.41, 5.74) is 2.43. The van der Waals surface area contributed by atoms with E-state index in [9.17, 15) is 0 Å². The van der Waals surface area contributed by atoms with Crippen LogP contribution in [0.5, 0.6) is 0 Å². The van der Waals surface area contributed by atoms with Crippen molar-refractivity contribution < 1.29 is 0 Å². The Kier molecular flexibility index (Phi) is 3.15. The lowest BCUT2D eigenvalue weighted by molar-refractivity contribution is 0.337. The van der Waals surface area contributed by atoms with Gasteiger partial charge in [-0.3, -0.25) is 0 Å². The summed E-state index contributed by atoms with van der Waals surface area (Å²) in [4.78, 5) is 0. The highest BCUT2D eigenvalue weighted by Gasteiger charge is 2.37. The molecule has 0 saturated heterocycles. The van der Waals surface area contributed by atoms with Crippen LogP contribution in [0.1, 0.15) is 32.4 Å². The van der Waals surface area contributed by atoms with E-state index in [2.05, 4.69) is 42.5 Å². The van der Waals surface area contributed by atoms with Crippen molar-refractivity contribution >= 4 is 0 Å². The number of benzene rings is 1. The Bertz CT molecular complexity index is 538. The molecule has 2 aromatic rings. The minimum atomic E-state index is 0.233. The minimum Gasteiger partial charge on any atom is -0.306 e. The van der Waals surface area contributed by atoms with Gasteiger partial charge in [-0.05, 0) is 50.8 Å². The molecule has 0 bridgehead atoms. The summed E-state index contributed by atoms with van der Waals surface area (Å²) >= 11 is 0. The molecule has 19 heavy (non-hydrogen) atoms. The summed E-state index contributed by atoms with van der Waals surface area (Å²) in [6, 6.07) is 12.3. The highest BCUT2D eigenvalue weighted by Crippen LogP contribution is 2.39. The summed E-state index contributed by atoms with van der Waals surface area (Å²) in [6.07, 6.45) is 4.74. The fourth-order valence-electron chi connectivity index (χ4n) is 2.45. The maximum Gasteiger partial charge on any atom is 0.0767 e. The van der Waals surface area contributed by atoms with Crippen molar-refractivity contribution in [2.24, 2.45) is 5.92 Å². The predicted molar refractivity (Wildman–Crippen MR) is 77.2 cm³/mol. The number of hydrogen-bond acceptors (Lipinski definition) is 2. The van der Waals surface area contributed by atoms with Crippen molar-refractivity contribution in [2.45, 2.75) is 38.8 Å². The summed E-state index contributed by atoms with van der Waals surface area (Å²) in [6.45, 7) is 5.42. The van der Waals surface area contributed by atoms with Crippen LogP contribution in [0.3, 0.4) is 0 Å².